The average molecular weight is 565 g/mol. The van der Waals surface area contributed by atoms with Crippen molar-refractivity contribution in [2.45, 2.75) is 86.1 Å². The lowest BCUT2D eigenvalue weighted by Gasteiger charge is -2.40. The number of carbonyl (C=O) groups is 2. The van der Waals surface area contributed by atoms with Gasteiger partial charge in [0.15, 0.2) is 0 Å². The molecule has 0 aromatic heterocycles. The Bertz CT molecular complexity index is 812. The minimum Gasteiger partial charge on any atom is -0.465 e. The number of aliphatic hydroxyl groups is 8. The van der Waals surface area contributed by atoms with Crippen molar-refractivity contribution in [1.82, 2.24) is 0 Å². The number of hydrogen-bond acceptors (Lipinski definition) is 15. The first-order chi connectivity index (χ1) is 18.6. The lowest BCUT2D eigenvalue weighted by molar-refractivity contribution is -0.232. The van der Waals surface area contributed by atoms with Crippen LogP contribution >= 0.6 is 0 Å². The summed E-state index contributed by atoms with van der Waals surface area (Å²) in [6.45, 7) is -1.68. The number of hydrogen-bond donors (Lipinski definition) is 8. The van der Waals surface area contributed by atoms with Gasteiger partial charge >= 0.3 is 11.9 Å². The quantitative estimate of drug-likeness (QED) is 0.0916. The van der Waals surface area contributed by atoms with E-state index >= 15 is 0 Å². The Balaban J connectivity index is 1.28. The largest absolute Gasteiger partial charge is 0.465 e. The second kappa shape index (κ2) is 12.8. The van der Waals surface area contributed by atoms with Crippen molar-refractivity contribution in [3.63, 3.8) is 0 Å². The molecule has 0 aliphatic carbocycles. The summed E-state index contributed by atoms with van der Waals surface area (Å²) >= 11 is 0. The monoisotopic (exact) mass is 564 g/mol. The third kappa shape index (κ3) is 6.13. The second-order valence-electron chi connectivity index (χ2n) is 10.1. The van der Waals surface area contributed by atoms with E-state index in [4.69, 9.17) is 23.7 Å². The van der Waals surface area contributed by atoms with E-state index in [0.717, 1.165) is 0 Å². The van der Waals surface area contributed by atoms with Crippen LogP contribution in [-0.2, 0) is 33.3 Å². The molecule has 0 spiro atoms. The number of fused-ring (bicyclic) bond motifs is 2. The summed E-state index contributed by atoms with van der Waals surface area (Å²) in [7, 11) is 0. The van der Waals surface area contributed by atoms with Crippen molar-refractivity contribution in [2.75, 3.05) is 26.4 Å². The molecule has 3 saturated heterocycles. The van der Waals surface area contributed by atoms with Crippen LogP contribution in [0.4, 0.5) is 0 Å². The molecule has 222 valence electrons. The summed E-state index contributed by atoms with van der Waals surface area (Å²) in [4.78, 5) is 25.8. The topological polar surface area (TPSA) is 242 Å². The van der Waals surface area contributed by atoms with E-state index in [-0.39, 0.29) is 26.1 Å². The van der Waals surface area contributed by atoms with E-state index < -0.39 is 110 Å². The highest BCUT2D eigenvalue weighted by molar-refractivity contribution is 5.85. The Hall–Kier alpha value is -1.76. The smallest absolute Gasteiger partial charge is 0.312 e. The second-order valence-corrected chi connectivity index (χ2v) is 10.1. The van der Waals surface area contributed by atoms with Crippen molar-refractivity contribution >= 4 is 11.9 Å². The maximum absolute atomic E-state index is 12.9. The highest BCUT2D eigenvalue weighted by atomic mass is 16.6. The van der Waals surface area contributed by atoms with Crippen molar-refractivity contribution < 1.29 is 74.1 Å². The van der Waals surface area contributed by atoms with Crippen LogP contribution in [0, 0.1) is 11.8 Å². The Morgan fingerprint density at radius 3 is 1.28 bits per heavy atom. The molecule has 4 rings (SSSR count). The Morgan fingerprint density at radius 1 is 0.564 bits per heavy atom. The number of aliphatic hydroxyl groups excluding tert-OH is 8. The third-order valence-corrected chi connectivity index (χ3v) is 7.72. The molecular formula is C24H36O15. The van der Waals surface area contributed by atoms with Crippen LogP contribution in [0.1, 0.15) is 12.8 Å². The van der Waals surface area contributed by atoms with Crippen LogP contribution in [0.25, 0.3) is 0 Å². The minimum atomic E-state index is -1.55. The van der Waals surface area contributed by atoms with Gasteiger partial charge < -0.3 is 64.5 Å². The molecular weight excluding hydrogens is 528 g/mol. The van der Waals surface area contributed by atoms with E-state index in [1.54, 1.807) is 12.2 Å². The molecule has 0 radical (unpaired) electrons. The molecule has 15 nitrogen and oxygen atoms in total. The summed E-state index contributed by atoms with van der Waals surface area (Å²) in [5.74, 6) is -3.55. The van der Waals surface area contributed by atoms with Crippen LogP contribution in [-0.4, -0.2) is 152 Å². The summed E-state index contributed by atoms with van der Waals surface area (Å²) in [6, 6.07) is 0. The zero-order valence-electron chi connectivity index (χ0n) is 20.9. The lowest BCUT2D eigenvalue weighted by Crippen LogP contribution is -2.58. The Kier molecular flexibility index (Phi) is 9.93. The molecule has 14 atom stereocenters. The van der Waals surface area contributed by atoms with Gasteiger partial charge in [0.1, 0.15) is 60.7 Å². The van der Waals surface area contributed by atoms with Crippen LogP contribution < -0.4 is 0 Å². The molecule has 15 heteroatoms. The van der Waals surface area contributed by atoms with Crippen LogP contribution in [0.2, 0.25) is 0 Å². The number of rotatable bonds is 10. The molecule has 0 amide bonds. The van der Waals surface area contributed by atoms with Gasteiger partial charge in [-0.2, -0.15) is 0 Å². The predicted octanol–water partition coefficient (Wildman–Crippen LogP) is -4.89. The Labute approximate surface area is 223 Å². The first-order valence-corrected chi connectivity index (χ1v) is 12.9. The van der Waals surface area contributed by atoms with Crippen LogP contribution in [0.3, 0.4) is 0 Å². The van der Waals surface area contributed by atoms with Crippen LogP contribution in [0.15, 0.2) is 12.2 Å². The summed E-state index contributed by atoms with van der Waals surface area (Å²) in [5, 5.41) is 78.4. The molecule has 8 N–H and O–H groups in total. The standard InChI is InChI=1S/C24H36O15/c25-7-13-19(29)21(31)17(27)11(38-13)3-5-35-23(33)15-9-1-2-10(37-9)16(15)24(34)36-6-4-12-18(28)22(32)20(30)14(8-26)39-12/h1-2,9-22,25-32H,3-8H2/t9-,10+,11-,12-,13-,14-,15-,16+,17+,18+,19-,20-,21-,22-/m1/s1. The normalized spacial score (nSPS) is 45.3. The first-order valence-electron chi connectivity index (χ1n) is 12.9. The molecule has 4 heterocycles. The summed E-state index contributed by atoms with van der Waals surface area (Å²) in [6.07, 6.45) is -11.6. The molecule has 4 aliphatic heterocycles. The average Bonchev–Trinajstić information content (AvgIpc) is 3.55. The van der Waals surface area contributed by atoms with Crippen molar-refractivity contribution in [3.05, 3.63) is 12.2 Å². The Morgan fingerprint density at radius 2 is 0.923 bits per heavy atom. The maximum Gasteiger partial charge on any atom is 0.312 e. The van der Waals surface area contributed by atoms with E-state index in [1.165, 1.54) is 0 Å². The highest BCUT2D eigenvalue weighted by Crippen LogP contribution is 2.40. The van der Waals surface area contributed by atoms with Crippen molar-refractivity contribution in [1.29, 1.82) is 0 Å². The van der Waals surface area contributed by atoms with Gasteiger partial charge in [-0.1, -0.05) is 12.2 Å². The van der Waals surface area contributed by atoms with Gasteiger partial charge in [0.05, 0.1) is 50.8 Å². The molecule has 0 aromatic rings. The van der Waals surface area contributed by atoms with Gasteiger partial charge in [0.25, 0.3) is 0 Å². The van der Waals surface area contributed by atoms with E-state index in [1.807, 2.05) is 0 Å². The van der Waals surface area contributed by atoms with E-state index in [2.05, 4.69) is 0 Å². The molecule has 0 aromatic carbocycles. The van der Waals surface area contributed by atoms with Gasteiger partial charge in [0.2, 0.25) is 0 Å². The molecule has 0 saturated carbocycles. The van der Waals surface area contributed by atoms with E-state index in [0.29, 0.717) is 0 Å². The molecule has 3 fully saturated rings. The molecule has 39 heavy (non-hydrogen) atoms. The fourth-order valence-electron chi connectivity index (χ4n) is 5.45. The fourth-order valence-corrected chi connectivity index (χ4v) is 5.45. The zero-order chi connectivity index (χ0) is 28.4. The predicted molar refractivity (Wildman–Crippen MR) is 123 cm³/mol. The maximum atomic E-state index is 12.9. The highest BCUT2D eigenvalue weighted by Gasteiger charge is 2.55. The molecule has 0 unspecified atom stereocenters. The number of carbonyl (C=O) groups excluding carboxylic acids is 2. The van der Waals surface area contributed by atoms with Crippen molar-refractivity contribution in [2.24, 2.45) is 11.8 Å². The zero-order valence-corrected chi connectivity index (χ0v) is 20.9. The minimum absolute atomic E-state index is 0.0566. The van der Waals surface area contributed by atoms with Gasteiger partial charge in [-0.15, -0.1) is 0 Å². The summed E-state index contributed by atoms with van der Waals surface area (Å²) < 4.78 is 27.1. The van der Waals surface area contributed by atoms with E-state index in [9.17, 15) is 50.4 Å². The number of esters is 2. The molecule has 2 bridgehead atoms. The van der Waals surface area contributed by atoms with Crippen molar-refractivity contribution in [3.8, 4) is 0 Å². The van der Waals surface area contributed by atoms with Gasteiger partial charge in [0, 0.05) is 12.8 Å². The fraction of sp³-hybridized carbons (Fsp3) is 0.833. The van der Waals surface area contributed by atoms with Gasteiger partial charge in [-0.3, -0.25) is 9.59 Å². The third-order valence-electron chi connectivity index (χ3n) is 7.72. The summed E-state index contributed by atoms with van der Waals surface area (Å²) in [5.41, 5.74) is 0. The lowest BCUT2D eigenvalue weighted by atomic mass is 9.83. The number of ether oxygens (including phenoxy) is 5. The van der Waals surface area contributed by atoms with Gasteiger partial charge in [-0.25, -0.2) is 0 Å². The first kappa shape index (κ1) is 30.2. The SMILES string of the molecule is O=C(OCC[C@H]1O[C@H](CO)[C@@H](O)[C@H](O)[C@H]1O)[C@@H]1[C@H](C(=O)OCC[C@H]2O[C@H](CO)[C@@H](O)[C@H](O)[C@H]2O)[C@H]2C=C[C@@H]1O2. The van der Waals surface area contributed by atoms with Crippen LogP contribution in [0.5, 0.6) is 0 Å². The van der Waals surface area contributed by atoms with Gasteiger partial charge in [-0.05, 0) is 0 Å². The molecule has 4 aliphatic rings.